The summed E-state index contributed by atoms with van der Waals surface area (Å²) in [7, 11) is 0. The van der Waals surface area contributed by atoms with Crippen molar-refractivity contribution in [2.45, 2.75) is 12.5 Å². The molecule has 1 atom stereocenters. The second-order valence-electron chi connectivity index (χ2n) is 4.58. The van der Waals surface area contributed by atoms with Crippen molar-refractivity contribution >= 4 is 22.1 Å². The zero-order valence-electron chi connectivity index (χ0n) is 10.1. The zero-order chi connectivity index (χ0) is 12.6. The second-order valence-corrected chi connectivity index (χ2v) is 5.52. The van der Waals surface area contributed by atoms with Gasteiger partial charge in [-0.15, -0.1) is 11.3 Å². The molecule has 3 rings (SSSR count). The lowest BCUT2D eigenvalue weighted by molar-refractivity contribution is 0.108. The predicted octanol–water partition coefficient (Wildman–Crippen LogP) is 4.16. The smallest absolute Gasteiger partial charge is 0.121 e. The molecule has 0 aliphatic carbocycles. The second kappa shape index (κ2) is 4.23. The van der Waals surface area contributed by atoms with Crippen molar-refractivity contribution in [3.63, 3.8) is 0 Å². The Bertz CT molecular complexity index is 663. The monoisotopic (exact) mass is 254 g/mol. The minimum Gasteiger partial charge on any atom is -0.380 e. The number of thiophene rings is 1. The molecule has 0 saturated heterocycles. The van der Waals surface area contributed by atoms with E-state index in [2.05, 4.69) is 18.2 Å². The lowest BCUT2D eigenvalue weighted by Gasteiger charge is -2.24. The molecule has 1 aromatic heterocycles. The summed E-state index contributed by atoms with van der Waals surface area (Å²) in [6, 6.07) is 18.2. The van der Waals surface area contributed by atoms with Gasteiger partial charge in [-0.1, -0.05) is 48.5 Å². The number of rotatable bonds is 2. The highest BCUT2D eigenvalue weighted by Crippen LogP contribution is 2.36. The first kappa shape index (κ1) is 11.5. The van der Waals surface area contributed by atoms with Crippen LogP contribution in [0.25, 0.3) is 10.8 Å². The molecule has 3 aromatic rings. The summed E-state index contributed by atoms with van der Waals surface area (Å²) in [5.41, 5.74) is 0.0257. The molecule has 90 valence electrons. The van der Waals surface area contributed by atoms with Crippen LogP contribution in [0.15, 0.2) is 60.0 Å². The first-order chi connectivity index (χ1) is 8.69. The van der Waals surface area contributed by atoms with Gasteiger partial charge in [0, 0.05) is 4.88 Å². The van der Waals surface area contributed by atoms with E-state index in [1.54, 1.807) is 11.3 Å². The van der Waals surface area contributed by atoms with Gasteiger partial charge in [0.15, 0.2) is 0 Å². The number of hydrogen-bond acceptors (Lipinski definition) is 2. The summed E-state index contributed by atoms with van der Waals surface area (Å²) in [5.74, 6) is 0. The van der Waals surface area contributed by atoms with Crippen molar-refractivity contribution in [3.8, 4) is 0 Å². The van der Waals surface area contributed by atoms with Crippen LogP contribution in [0.5, 0.6) is 0 Å². The van der Waals surface area contributed by atoms with Crippen molar-refractivity contribution in [3.05, 3.63) is 70.4 Å². The molecule has 0 aliphatic rings. The summed E-state index contributed by atoms with van der Waals surface area (Å²) in [6.07, 6.45) is 0. The van der Waals surface area contributed by atoms with Gasteiger partial charge in [0.05, 0.1) is 0 Å². The van der Waals surface area contributed by atoms with Crippen molar-refractivity contribution in [2.75, 3.05) is 0 Å². The van der Waals surface area contributed by atoms with Crippen LogP contribution < -0.4 is 0 Å². The molecular formula is C16H14OS. The van der Waals surface area contributed by atoms with E-state index < -0.39 is 5.60 Å². The van der Waals surface area contributed by atoms with E-state index in [9.17, 15) is 5.11 Å². The maximum Gasteiger partial charge on any atom is 0.121 e. The van der Waals surface area contributed by atoms with Crippen molar-refractivity contribution in [1.82, 2.24) is 0 Å². The molecule has 1 N–H and O–H groups in total. The molecule has 1 heterocycles. The third-order valence-electron chi connectivity index (χ3n) is 3.32. The minimum atomic E-state index is -0.935. The van der Waals surface area contributed by atoms with Crippen LogP contribution in [-0.2, 0) is 5.60 Å². The molecular weight excluding hydrogens is 240 g/mol. The van der Waals surface area contributed by atoms with Gasteiger partial charge in [0.1, 0.15) is 5.60 Å². The van der Waals surface area contributed by atoms with Crippen LogP contribution in [0.4, 0.5) is 0 Å². The Balaban J connectivity index is 2.26. The molecule has 0 aliphatic heterocycles. The maximum absolute atomic E-state index is 10.9. The summed E-state index contributed by atoms with van der Waals surface area (Å²) >= 11 is 1.58. The van der Waals surface area contributed by atoms with E-state index in [1.807, 2.05) is 48.7 Å². The molecule has 2 aromatic carbocycles. The van der Waals surface area contributed by atoms with Crippen LogP contribution in [0.1, 0.15) is 17.4 Å². The molecule has 0 spiro atoms. The van der Waals surface area contributed by atoms with Crippen LogP contribution in [0.2, 0.25) is 0 Å². The molecule has 1 nitrogen and oxygen atoms in total. The zero-order valence-corrected chi connectivity index (χ0v) is 10.9. The van der Waals surface area contributed by atoms with Gasteiger partial charge in [0.2, 0.25) is 0 Å². The topological polar surface area (TPSA) is 20.2 Å². The summed E-state index contributed by atoms with van der Waals surface area (Å²) in [5, 5.41) is 15.1. The van der Waals surface area contributed by atoms with E-state index >= 15 is 0 Å². The molecule has 0 radical (unpaired) electrons. The summed E-state index contributed by atoms with van der Waals surface area (Å²) in [4.78, 5) is 0.971. The van der Waals surface area contributed by atoms with Gasteiger partial charge < -0.3 is 5.11 Å². The predicted molar refractivity (Wildman–Crippen MR) is 76.9 cm³/mol. The molecule has 1 unspecified atom stereocenters. The average Bonchev–Trinajstić information content (AvgIpc) is 2.92. The van der Waals surface area contributed by atoms with Gasteiger partial charge in [0.25, 0.3) is 0 Å². The van der Waals surface area contributed by atoms with Gasteiger partial charge in [-0.2, -0.15) is 0 Å². The highest BCUT2D eigenvalue weighted by molar-refractivity contribution is 7.10. The maximum atomic E-state index is 10.9. The largest absolute Gasteiger partial charge is 0.380 e. The van der Waals surface area contributed by atoms with Gasteiger partial charge in [-0.05, 0) is 34.7 Å². The number of benzene rings is 2. The standard InChI is InChI=1S/C16H14OS/c1-16(17,15-10-5-11-18-15)14-9-4-7-12-6-2-3-8-13(12)14/h2-11,17H,1H3. The van der Waals surface area contributed by atoms with Crippen LogP contribution >= 0.6 is 11.3 Å². The van der Waals surface area contributed by atoms with Crippen LogP contribution in [0, 0.1) is 0 Å². The van der Waals surface area contributed by atoms with Gasteiger partial charge >= 0.3 is 0 Å². The van der Waals surface area contributed by atoms with Crippen LogP contribution in [-0.4, -0.2) is 5.11 Å². The van der Waals surface area contributed by atoms with Gasteiger partial charge in [-0.25, -0.2) is 0 Å². The first-order valence-corrected chi connectivity index (χ1v) is 6.82. The molecule has 0 amide bonds. The number of hydrogen-bond donors (Lipinski definition) is 1. The molecule has 0 bridgehead atoms. The third kappa shape index (κ3) is 1.74. The van der Waals surface area contributed by atoms with E-state index in [1.165, 1.54) is 0 Å². The highest BCUT2D eigenvalue weighted by Gasteiger charge is 2.28. The van der Waals surface area contributed by atoms with E-state index in [0.29, 0.717) is 0 Å². The Kier molecular flexibility index (Phi) is 2.69. The number of fused-ring (bicyclic) bond motifs is 1. The number of aliphatic hydroxyl groups is 1. The minimum absolute atomic E-state index is 0.935. The lowest BCUT2D eigenvalue weighted by Crippen LogP contribution is -2.21. The van der Waals surface area contributed by atoms with Crippen LogP contribution in [0.3, 0.4) is 0 Å². The van der Waals surface area contributed by atoms with Crippen molar-refractivity contribution in [1.29, 1.82) is 0 Å². The quantitative estimate of drug-likeness (QED) is 0.728. The Morgan fingerprint density at radius 2 is 1.72 bits per heavy atom. The Morgan fingerprint density at radius 1 is 0.944 bits per heavy atom. The summed E-state index contributed by atoms with van der Waals surface area (Å²) < 4.78 is 0. The fourth-order valence-corrected chi connectivity index (χ4v) is 3.14. The van der Waals surface area contributed by atoms with E-state index in [0.717, 1.165) is 21.2 Å². The lowest BCUT2D eigenvalue weighted by atomic mass is 9.90. The first-order valence-electron chi connectivity index (χ1n) is 5.94. The van der Waals surface area contributed by atoms with Crippen molar-refractivity contribution in [2.24, 2.45) is 0 Å². The highest BCUT2D eigenvalue weighted by atomic mass is 32.1. The fourth-order valence-electron chi connectivity index (χ4n) is 2.34. The third-order valence-corrected chi connectivity index (χ3v) is 4.40. The van der Waals surface area contributed by atoms with E-state index in [4.69, 9.17) is 0 Å². The van der Waals surface area contributed by atoms with Crippen molar-refractivity contribution < 1.29 is 5.11 Å². The summed E-state index contributed by atoms with van der Waals surface area (Å²) in [6.45, 7) is 1.86. The molecule has 0 fully saturated rings. The Labute approximate surface area is 110 Å². The molecule has 18 heavy (non-hydrogen) atoms. The molecule has 2 heteroatoms. The molecule has 0 saturated carbocycles. The fraction of sp³-hybridized carbons (Fsp3) is 0.125. The van der Waals surface area contributed by atoms with Gasteiger partial charge in [-0.3, -0.25) is 0 Å². The Hall–Kier alpha value is -1.64. The van der Waals surface area contributed by atoms with E-state index in [-0.39, 0.29) is 0 Å². The average molecular weight is 254 g/mol. The SMILES string of the molecule is CC(O)(c1cccs1)c1cccc2ccccc12. The normalized spacial score (nSPS) is 14.6. The Morgan fingerprint density at radius 3 is 2.50 bits per heavy atom.